The summed E-state index contributed by atoms with van der Waals surface area (Å²) in [6.45, 7) is 1.78. The van der Waals surface area contributed by atoms with Crippen LogP contribution in [0.1, 0.15) is 23.7 Å². The number of amides is 2. The molecule has 0 saturated heterocycles. The summed E-state index contributed by atoms with van der Waals surface area (Å²) >= 11 is 0. The highest BCUT2D eigenvalue weighted by atomic mass is 16.5. The molecular weight excluding hydrogens is 308 g/mol. The smallest absolute Gasteiger partial charge is 0.255 e. The maximum absolute atomic E-state index is 12.3. The number of carbonyl (C=O) groups is 2. The number of hydrogen-bond donors (Lipinski definition) is 2. The number of anilines is 2. The van der Waals surface area contributed by atoms with Gasteiger partial charge in [-0.2, -0.15) is 0 Å². The lowest BCUT2D eigenvalue weighted by Gasteiger charge is -2.12. The van der Waals surface area contributed by atoms with E-state index in [4.69, 9.17) is 9.47 Å². The molecule has 2 N–H and O–H groups in total. The van der Waals surface area contributed by atoms with Crippen molar-refractivity contribution in [3.8, 4) is 11.5 Å². The fourth-order valence-electron chi connectivity index (χ4n) is 2.05. The van der Waals surface area contributed by atoms with Crippen LogP contribution in [-0.4, -0.2) is 26.0 Å². The average Bonchev–Trinajstić information content (AvgIpc) is 2.62. The van der Waals surface area contributed by atoms with Crippen LogP contribution >= 0.6 is 0 Å². The van der Waals surface area contributed by atoms with E-state index < -0.39 is 0 Å². The SMILES string of the molecule is CCC(=O)Nc1ccc(C(=O)Nc2ccc(OC)cc2OC)cc1. The second kappa shape index (κ2) is 8.01. The van der Waals surface area contributed by atoms with Crippen molar-refractivity contribution in [1.29, 1.82) is 0 Å². The molecule has 0 fully saturated rings. The van der Waals surface area contributed by atoms with Gasteiger partial charge >= 0.3 is 0 Å². The van der Waals surface area contributed by atoms with Gasteiger partial charge in [0, 0.05) is 23.7 Å². The monoisotopic (exact) mass is 328 g/mol. The van der Waals surface area contributed by atoms with Gasteiger partial charge in [0.2, 0.25) is 5.91 Å². The Morgan fingerprint density at radius 1 is 0.958 bits per heavy atom. The Hall–Kier alpha value is -3.02. The molecule has 0 spiro atoms. The second-order valence-corrected chi connectivity index (χ2v) is 5.00. The highest BCUT2D eigenvalue weighted by Gasteiger charge is 2.11. The number of carbonyl (C=O) groups excluding carboxylic acids is 2. The first-order valence-electron chi connectivity index (χ1n) is 7.50. The van der Waals surface area contributed by atoms with E-state index in [0.29, 0.717) is 34.9 Å². The number of hydrogen-bond acceptors (Lipinski definition) is 4. The van der Waals surface area contributed by atoms with Gasteiger partial charge in [-0.05, 0) is 36.4 Å². The first kappa shape index (κ1) is 17.3. The lowest BCUT2D eigenvalue weighted by Crippen LogP contribution is -2.13. The second-order valence-electron chi connectivity index (χ2n) is 5.00. The molecule has 0 radical (unpaired) electrons. The summed E-state index contributed by atoms with van der Waals surface area (Å²) in [5.41, 5.74) is 1.68. The summed E-state index contributed by atoms with van der Waals surface area (Å²) in [7, 11) is 3.08. The average molecular weight is 328 g/mol. The molecule has 0 aromatic heterocycles. The van der Waals surface area contributed by atoms with E-state index in [0.717, 1.165) is 0 Å². The zero-order valence-electron chi connectivity index (χ0n) is 13.9. The Morgan fingerprint density at radius 2 is 1.67 bits per heavy atom. The fraction of sp³-hybridized carbons (Fsp3) is 0.222. The number of rotatable bonds is 6. The van der Waals surface area contributed by atoms with Crippen LogP contribution < -0.4 is 20.1 Å². The fourth-order valence-corrected chi connectivity index (χ4v) is 2.05. The quantitative estimate of drug-likeness (QED) is 0.853. The molecule has 0 aliphatic heterocycles. The molecule has 0 aliphatic rings. The van der Waals surface area contributed by atoms with Crippen molar-refractivity contribution in [2.45, 2.75) is 13.3 Å². The van der Waals surface area contributed by atoms with Crippen molar-refractivity contribution in [3.05, 3.63) is 48.0 Å². The van der Waals surface area contributed by atoms with Gasteiger partial charge in [0.25, 0.3) is 5.91 Å². The van der Waals surface area contributed by atoms with Gasteiger partial charge in [-0.3, -0.25) is 9.59 Å². The molecule has 2 amide bonds. The minimum atomic E-state index is -0.271. The molecule has 2 aromatic rings. The third-order valence-electron chi connectivity index (χ3n) is 3.41. The Labute approximate surface area is 140 Å². The molecule has 2 aromatic carbocycles. The number of benzene rings is 2. The molecule has 126 valence electrons. The van der Waals surface area contributed by atoms with Crippen molar-refractivity contribution in [3.63, 3.8) is 0 Å². The minimum Gasteiger partial charge on any atom is -0.497 e. The van der Waals surface area contributed by atoms with Crippen molar-refractivity contribution in [1.82, 2.24) is 0 Å². The van der Waals surface area contributed by atoms with E-state index >= 15 is 0 Å². The van der Waals surface area contributed by atoms with Crippen molar-refractivity contribution >= 4 is 23.2 Å². The predicted octanol–water partition coefficient (Wildman–Crippen LogP) is 3.30. The van der Waals surface area contributed by atoms with Gasteiger partial charge in [0.05, 0.1) is 19.9 Å². The van der Waals surface area contributed by atoms with Gasteiger partial charge < -0.3 is 20.1 Å². The Balaban J connectivity index is 2.11. The summed E-state index contributed by atoms with van der Waals surface area (Å²) in [6, 6.07) is 11.8. The molecule has 0 bridgehead atoms. The van der Waals surface area contributed by atoms with E-state index in [1.54, 1.807) is 56.5 Å². The zero-order valence-corrected chi connectivity index (χ0v) is 13.9. The number of nitrogens with one attached hydrogen (secondary N) is 2. The van der Waals surface area contributed by atoms with Crippen LogP contribution in [0.4, 0.5) is 11.4 Å². The first-order valence-corrected chi connectivity index (χ1v) is 7.50. The van der Waals surface area contributed by atoms with Crippen LogP contribution in [-0.2, 0) is 4.79 Å². The van der Waals surface area contributed by atoms with Crippen molar-refractivity contribution in [2.75, 3.05) is 24.9 Å². The van der Waals surface area contributed by atoms with Gasteiger partial charge in [-0.1, -0.05) is 6.92 Å². The van der Waals surface area contributed by atoms with Crippen LogP contribution in [0.25, 0.3) is 0 Å². The lowest BCUT2D eigenvalue weighted by atomic mass is 10.2. The van der Waals surface area contributed by atoms with Gasteiger partial charge in [-0.25, -0.2) is 0 Å². The molecule has 6 nitrogen and oxygen atoms in total. The van der Waals surface area contributed by atoms with E-state index in [2.05, 4.69) is 10.6 Å². The summed E-state index contributed by atoms with van der Waals surface area (Å²) in [5, 5.41) is 5.53. The van der Waals surface area contributed by atoms with Crippen LogP contribution in [0, 0.1) is 0 Å². The van der Waals surface area contributed by atoms with Gasteiger partial charge in [0.1, 0.15) is 11.5 Å². The zero-order chi connectivity index (χ0) is 17.5. The highest BCUT2D eigenvalue weighted by molar-refractivity contribution is 6.05. The maximum atomic E-state index is 12.3. The van der Waals surface area contributed by atoms with Crippen molar-refractivity contribution < 1.29 is 19.1 Å². The van der Waals surface area contributed by atoms with Gasteiger partial charge in [0.15, 0.2) is 0 Å². The summed E-state index contributed by atoms with van der Waals surface area (Å²) in [6.07, 6.45) is 0.402. The van der Waals surface area contributed by atoms with E-state index in [-0.39, 0.29) is 11.8 Å². The lowest BCUT2D eigenvalue weighted by molar-refractivity contribution is -0.115. The van der Waals surface area contributed by atoms with Crippen LogP contribution in [0.15, 0.2) is 42.5 Å². The molecule has 2 rings (SSSR count). The predicted molar refractivity (Wildman–Crippen MR) is 92.9 cm³/mol. The number of methoxy groups -OCH3 is 2. The van der Waals surface area contributed by atoms with Crippen LogP contribution in [0.3, 0.4) is 0 Å². The van der Waals surface area contributed by atoms with E-state index in [9.17, 15) is 9.59 Å². The summed E-state index contributed by atoms with van der Waals surface area (Å²) < 4.78 is 10.4. The maximum Gasteiger partial charge on any atom is 0.255 e. The highest BCUT2D eigenvalue weighted by Crippen LogP contribution is 2.29. The van der Waals surface area contributed by atoms with E-state index in [1.165, 1.54) is 7.11 Å². The van der Waals surface area contributed by atoms with Crippen LogP contribution in [0.2, 0.25) is 0 Å². The molecule has 6 heteroatoms. The third-order valence-corrected chi connectivity index (χ3v) is 3.41. The normalized spacial score (nSPS) is 9.96. The van der Waals surface area contributed by atoms with Gasteiger partial charge in [-0.15, -0.1) is 0 Å². The van der Waals surface area contributed by atoms with Crippen molar-refractivity contribution in [2.24, 2.45) is 0 Å². The molecule has 24 heavy (non-hydrogen) atoms. The molecule has 0 heterocycles. The largest absolute Gasteiger partial charge is 0.497 e. The molecule has 0 saturated carbocycles. The summed E-state index contributed by atoms with van der Waals surface area (Å²) in [5.74, 6) is 0.803. The summed E-state index contributed by atoms with van der Waals surface area (Å²) in [4.78, 5) is 23.7. The molecule has 0 aliphatic carbocycles. The minimum absolute atomic E-state index is 0.0739. The topological polar surface area (TPSA) is 76.7 Å². The third kappa shape index (κ3) is 4.25. The van der Waals surface area contributed by atoms with Crippen LogP contribution in [0.5, 0.6) is 11.5 Å². The molecular formula is C18H20N2O4. The Bertz CT molecular complexity index is 726. The standard InChI is InChI=1S/C18H20N2O4/c1-4-17(21)19-13-7-5-12(6-8-13)18(22)20-15-10-9-14(23-2)11-16(15)24-3/h5-11H,4H2,1-3H3,(H,19,21)(H,20,22). The Morgan fingerprint density at radius 3 is 2.25 bits per heavy atom. The molecule has 0 unspecified atom stereocenters. The molecule has 0 atom stereocenters. The van der Waals surface area contributed by atoms with E-state index in [1.807, 2.05) is 0 Å². The number of ether oxygens (including phenoxy) is 2. The first-order chi connectivity index (χ1) is 11.6. The Kier molecular flexibility index (Phi) is 5.78.